The fourth-order valence-corrected chi connectivity index (χ4v) is 2.27. The summed E-state index contributed by atoms with van der Waals surface area (Å²) in [5.74, 6) is 0.597. The Hall–Kier alpha value is -2.36. The van der Waals surface area contributed by atoms with Gasteiger partial charge < -0.3 is 10.7 Å². The van der Waals surface area contributed by atoms with E-state index in [0.29, 0.717) is 5.82 Å². The molecule has 0 saturated carbocycles. The molecule has 0 amide bonds. The van der Waals surface area contributed by atoms with E-state index < -0.39 is 0 Å². The minimum atomic E-state index is 0.597. The van der Waals surface area contributed by atoms with Crippen LogP contribution in [-0.2, 0) is 6.42 Å². The van der Waals surface area contributed by atoms with Gasteiger partial charge in [-0.3, -0.25) is 0 Å². The Bertz CT molecular complexity index is 743. The van der Waals surface area contributed by atoms with Crippen LogP contribution in [0.4, 0.5) is 5.82 Å². The number of pyridine rings is 2. The van der Waals surface area contributed by atoms with E-state index in [1.807, 2.05) is 25.5 Å². The monoisotopic (exact) mass is 252 g/mol. The molecule has 4 heteroatoms. The van der Waals surface area contributed by atoms with Gasteiger partial charge >= 0.3 is 0 Å². The quantitative estimate of drug-likeness (QED) is 0.737. The van der Waals surface area contributed by atoms with E-state index in [4.69, 9.17) is 5.73 Å². The molecule has 3 heterocycles. The molecule has 0 atom stereocenters. The SMILES string of the molecule is Cc1cnc2[nH]cc(Cc3cnc(N)c(C)c3)c2c1. The first-order chi connectivity index (χ1) is 9.13. The number of aryl methyl sites for hydroxylation is 2. The number of nitrogens with one attached hydrogen (secondary N) is 1. The molecular weight excluding hydrogens is 236 g/mol. The van der Waals surface area contributed by atoms with Gasteiger partial charge in [0.2, 0.25) is 0 Å². The van der Waals surface area contributed by atoms with Crippen LogP contribution in [0.25, 0.3) is 11.0 Å². The first kappa shape index (κ1) is 11.7. The van der Waals surface area contributed by atoms with Crippen molar-refractivity contribution in [3.8, 4) is 0 Å². The van der Waals surface area contributed by atoms with Gasteiger partial charge in [-0.1, -0.05) is 6.07 Å². The summed E-state index contributed by atoms with van der Waals surface area (Å²) in [6.45, 7) is 4.03. The third-order valence-electron chi connectivity index (χ3n) is 3.32. The Kier molecular flexibility index (Phi) is 2.71. The molecule has 3 aromatic heterocycles. The van der Waals surface area contributed by atoms with Crippen LogP contribution in [0.15, 0.2) is 30.7 Å². The van der Waals surface area contributed by atoms with Crippen LogP contribution in [-0.4, -0.2) is 15.0 Å². The number of anilines is 1. The maximum atomic E-state index is 5.75. The number of aromatic amines is 1. The van der Waals surface area contributed by atoms with Gasteiger partial charge in [0.05, 0.1) is 0 Å². The van der Waals surface area contributed by atoms with E-state index in [0.717, 1.165) is 23.2 Å². The van der Waals surface area contributed by atoms with Crippen molar-refractivity contribution in [3.05, 3.63) is 53.0 Å². The second-order valence-corrected chi connectivity index (χ2v) is 4.95. The number of nitrogen functional groups attached to an aromatic ring is 1. The predicted molar refractivity (Wildman–Crippen MR) is 77.0 cm³/mol. The van der Waals surface area contributed by atoms with Crippen molar-refractivity contribution in [2.45, 2.75) is 20.3 Å². The summed E-state index contributed by atoms with van der Waals surface area (Å²) in [6, 6.07) is 4.25. The van der Waals surface area contributed by atoms with E-state index in [1.165, 1.54) is 16.5 Å². The molecule has 0 unspecified atom stereocenters. The number of H-pyrrole nitrogens is 1. The Labute approximate surface area is 111 Å². The van der Waals surface area contributed by atoms with Crippen LogP contribution >= 0.6 is 0 Å². The number of hydrogen-bond donors (Lipinski definition) is 2. The molecule has 0 radical (unpaired) electrons. The van der Waals surface area contributed by atoms with Gasteiger partial charge in [-0.05, 0) is 42.2 Å². The highest BCUT2D eigenvalue weighted by Crippen LogP contribution is 2.21. The highest BCUT2D eigenvalue weighted by molar-refractivity contribution is 5.80. The Morgan fingerprint density at radius 3 is 2.79 bits per heavy atom. The number of aromatic nitrogens is 3. The van der Waals surface area contributed by atoms with Crippen molar-refractivity contribution < 1.29 is 0 Å². The summed E-state index contributed by atoms with van der Waals surface area (Å²) in [5.41, 5.74) is 11.3. The van der Waals surface area contributed by atoms with Gasteiger partial charge in [-0.25, -0.2) is 9.97 Å². The lowest BCUT2D eigenvalue weighted by Crippen LogP contribution is -1.96. The maximum absolute atomic E-state index is 5.75. The lowest BCUT2D eigenvalue weighted by atomic mass is 10.0. The second kappa shape index (κ2) is 4.39. The van der Waals surface area contributed by atoms with Crippen molar-refractivity contribution in [2.24, 2.45) is 0 Å². The largest absolute Gasteiger partial charge is 0.383 e. The zero-order valence-corrected chi connectivity index (χ0v) is 11.1. The number of hydrogen-bond acceptors (Lipinski definition) is 3. The third-order valence-corrected chi connectivity index (χ3v) is 3.32. The maximum Gasteiger partial charge on any atom is 0.137 e. The lowest BCUT2D eigenvalue weighted by molar-refractivity contribution is 1.14. The van der Waals surface area contributed by atoms with Crippen molar-refractivity contribution in [1.29, 1.82) is 0 Å². The van der Waals surface area contributed by atoms with Gasteiger partial charge in [0.1, 0.15) is 11.5 Å². The fraction of sp³-hybridized carbons (Fsp3) is 0.200. The van der Waals surface area contributed by atoms with Crippen molar-refractivity contribution in [3.63, 3.8) is 0 Å². The van der Waals surface area contributed by atoms with Gasteiger partial charge in [0.15, 0.2) is 0 Å². The Morgan fingerprint density at radius 2 is 2.00 bits per heavy atom. The molecule has 96 valence electrons. The van der Waals surface area contributed by atoms with Crippen LogP contribution in [0.3, 0.4) is 0 Å². The zero-order chi connectivity index (χ0) is 13.4. The highest BCUT2D eigenvalue weighted by atomic mass is 14.8. The van der Waals surface area contributed by atoms with E-state index >= 15 is 0 Å². The Balaban J connectivity index is 2.00. The van der Waals surface area contributed by atoms with E-state index in [1.54, 1.807) is 0 Å². The van der Waals surface area contributed by atoms with Gasteiger partial charge in [0, 0.05) is 30.4 Å². The highest BCUT2D eigenvalue weighted by Gasteiger charge is 2.07. The third kappa shape index (κ3) is 2.17. The molecule has 0 bridgehead atoms. The molecule has 3 rings (SSSR count). The molecule has 3 aromatic rings. The number of rotatable bonds is 2. The second-order valence-electron chi connectivity index (χ2n) is 4.95. The summed E-state index contributed by atoms with van der Waals surface area (Å²) in [7, 11) is 0. The molecule has 0 aliphatic rings. The van der Waals surface area contributed by atoms with Gasteiger partial charge in [0.25, 0.3) is 0 Å². The first-order valence-corrected chi connectivity index (χ1v) is 6.27. The standard InChI is InChI=1S/C15H16N4/c1-9-3-13-12(8-19-15(13)18-6-9)5-11-4-10(2)14(16)17-7-11/h3-4,6-8H,5H2,1-2H3,(H2,16,17)(H,18,19). The summed E-state index contributed by atoms with van der Waals surface area (Å²) in [6.07, 6.45) is 6.56. The van der Waals surface area contributed by atoms with E-state index in [2.05, 4.69) is 34.0 Å². The predicted octanol–water partition coefficient (Wildman–Crippen LogP) is 2.75. The summed E-state index contributed by atoms with van der Waals surface area (Å²) in [5, 5.41) is 1.18. The smallest absolute Gasteiger partial charge is 0.137 e. The Morgan fingerprint density at radius 1 is 1.16 bits per heavy atom. The minimum absolute atomic E-state index is 0.597. The average Bonchev–Trinajstić information content (AvgIpc) is 2.77. The van der Waals surface area contributed by atoms with E-state index in [9.17, 15) is 0 Å². The summed E-state index contributed by atoms with van der Waals surface area (Å²) >= 11 is 0. The van der Waals surface area contributed by atoms with Crippen LogP contribution in [0.5, 0.6) is 0 Å². The molecular formula is C15H16N4. The van der Waals surface area contributed by atoms with Gasteiger partial charge in [-0.15, -0.1) is 0 Å². The minimum Gasteiger partial charge on any atom is -0.383 e. The molecule has 0 spiro atoms. The number of nitrogens with two attached hydrogens (primary N) is 1. The fourth-order valence-electron chi connectivity index (χ4n) is 2.27. The van der Waals surface area contributed by atoms with Crippen molar-refractivity contribution in [2.75, 3.05) is 5.73 Å². The number of fused-ring (bicyclic) bond motifs is 1. The normalized spacial score (nSPS) is 11.1. The zero-order valence-electron chi connectivity index (χ0n) is 11.1. The van der Waals surface area contributed by atoms with Crippen LogP contribution < -0.4 is 5.73 Å². The first-order valence-electron chi connectivity index (χ1n) is 6.27. The molecule has 0 aliphatic heterocycles. The molecule has 0 saturated heterocycles. The molecule has 3 N–H and O–H groups in total. The van der Waals surface area contributed by atoms with Crippen molar-refractivity contribution >= 4 is 16.9 Å². The molecule has 0 aromatic carbocycles. The molecule has 0 fully saturated rings. The summed E-state index contributed by atoms with van der Waals surface area (Å²) in [4.78, 5) is 11.8. The lowest BCUT2D eigenvalue weighted by Gasteiger charge is -2.04. The topological polar surface area (TPSA) is 67.6 Å². The summed E-state index contributed by atoms with van der Waals surface area (Å²) < 4.78 is 0. The number of nitrogens with zero attached hydrogens (tertiary/aromatic N) is 2. The van der Waals surface area contributed by atoms with Crippen LogP contribution in [0.2, 0.25) is 0 Å². The van der Waals surface area contributed by atoms with Crippen LogP contribution in [0.1, 0.15) is 22.3 Å². The average molecular weight is 252 g/mol. The molecule has 4 nitrogen and oxygen atoms in total. The molecule has 19 heavy (non-hydrogen) atoms. The van der Waals surface area contributed by atoms with Crippen LogP contribution in [0, 0.1) is 13.8 Å². The van der Waals surface area contributed by atoms with Gasteiger partial charge in [-0.2, -0.15) is 0 Å². The molecule has 0 aliphatic carbocycles. The van der Waals surface area contributed by atoms with Crippen molar-refractivity contribution in [1.82, 2.24) is 15.0 Å². The van der Waals surface area contributed by atoms with E-state index in [-0.39, 0.29) is 0 Å².